The lowest BCUT2D eigenvalue weighted by molar-refractivity contribution is -0.142. The minimum absolute atomic E-state index is 0.0631. The van der Waals surface area contributed by atoms with Gasteiger partial charge in [0.25, 0.3) is 0 Å². The number of cyclic esters (lactones) is 1. The van der Waals surface area contributed by atoms with Crippen molar-refractivity contribution in [3.05, 3.63) is 0 Å². The van der Waals surface area contributed by atoms with Gasteiger partial charge in [-0.05, 0) is 32.2 Å². The summed E-state index contributed by atoms with van der Waals surface area (Å²) >= 11 is 0. The van der Waals surface area contributed by atoms with Gasteiger partial charge in [-0.3, -0.25) is 9.69 Å². The molecule has 2 saturated heterocycles. The molecular formula is C11H20N2O2. The van der Waals surface area contributed by atoms with E-state index < -0.39 is 0 Å². The molecule has 2 rings (SSSR count). The summed E-state index contributed by atoms with van der Waals surface area (Å²) in [5.74, 6) is -0.0631. The summed E-state index contributed by atoms with van der Waals surface area (Å²) in [5.41, 5.74) is 0. The molecule has 1 unspecified atom stereocenters. The molecule has 2 aliphatic heterocycles. The Kier molecular flexibility index (Phi) is 3.97. The van der Waals surface area contributed by atoms with Crippen LogP contribution in [0.25, 0.3) is 0 Å². The van der Waals surface area contributed by atoms with Gasteiger partial charge >= 0.3 is 5.97 Å². The Morgan fingerprint density at radius 3 is 3.20 bits per heavy atom. The first-order chi connectivity index (χ1) is 7.34. The second-order valence-electron chi connectivity index (χ2n) is 4.43. The average molecular weight is 212 g/mol. The molecule has 2 heterocycles. The Labute approximate surface area is 91.0 Å². The van der Waals surface area contributed by atoms with Gasteiger partial charge in [0.2, 0.25) is 0 Å². The lowest BCUT2D eigenvalue weighted by atomic mass is 10.1. The number of nitrogens with one attached hydrogen (secondary N) is 1. The second kappa shape index (κ2) is 5.47. The molecule has 4 nitrogen and oxygen atoms in total. The summed E-state index contributed by atoms with van der Waals surface area (Å²) in [7, 11) is 0. The van der Waals surface area contributed by atoms with Gasteiger partial charge in [0.1, 0.15) is 0 Å². The Morgan fingerprint density at radius 1 is 1.47 bits per heavy atom. The Morgan fingerprint density at radius 2 is 2.40 bits per heavy atom. The molecule has 0 aromatic heterocycles. The van der Waals surface area contributed by atoms with E-state index in [1.807, 2.05) is 0 Å². The number of hydrogen-bond acceptors (Lipinski definition) is 4. The predicted octanol–water partition coefficient (Wildman–Crippen LogP) is 0.377. The lowest BCUT2D eigenvalue weighted by Gasteiger charge is -2.20. The number of hydrogen-bond donors (Lipinski definition) is 1. The first kappa shape index (κ1) is 10.9. The van der Waals surface area contributed by atoms with Crippen molar-refractivity contribution in [2.75, 3.05) is 32.8 Å². The third kappa shape index (κ3) is 3.47. The molecule has 86 valence electrons. The first-order valence-electron chi connectivity index (χ1n) is 5.96. The number of rotatable bonds is 3. The molecule has 2 fully saturated rings. The van der Waals surface area contributed by atoms with Crippen molar-refractivity contribution < 1.29 is 9.53 Å². The van der Waals surface area contributed by atoms with E-state index in [9.17, 15) is 4.79 Å². The highest BCUT2D eigenvalue weighted by atomic mass is 16.5. The van der Waals surface area contributed by atoms with Gasteiger partial charge in [-0.25, -0.2) is 0 Å². The fraction of sp³-hybridized carbons (Fsp3) is 0.909. The lowest BCUT2D eigenvalue weighted by Crippen LogP contribution is -2.33. The SMILES string of the molecule is O=C1CN(CCC2CCCN2)CCCO1. The van der Waals surface area contributed by atoms with E-state index in [0.717, 1.165) is 32.5 Å². The van der Waals surface area contributed by atoms with Crippen molar-refractivity contribution in [3.8, 4) is 0 Å². The summed E-state index contributed by atoms with van der Waals surface area (Å²) in [6.45, 7) is 4.25. The van der Waals surface area contributed by atoms with Gasteiger partial charge in [0.05, 0.1) is 13.2 Å². The summed E-state index contributed by atoms with van der Waals surface area (Å²) < 4.78 is 5.01. The molecule has 0 amide bonds. The van der Waals surface area contributed by atoms with E-state index in [2.05, 4.69) is 10.2 Å². The minimum Gasteiger partial charge on any atom is -0.465 e. The van der Waals surface area contributed by atoms with Crippen LogP contribution in [-0.4, -0.2) is 49.7 Å². The van der Waals surface area contributed by atoms with Crippen LogP contribution < -0.4 is 5.32 Å². The van der Waals surface area contributed by atoms with E-state index in [1.54, 1.807) is 0 Å². The van der Waals surface area contributed by atoms with Crippen LogP contribution in [0.4, 0.5) is 0 Å². The average Bonchev–Trinajstić information content (AvgIpc) is 2.65. The smallest absolute Gasteiger partial charge is 0.320 e. The number of carbonyl (C=O) groups is 1. The fourth-order valence-electron chi connectivity index (χ4n) is 2.31. The molecule has 1 N–H and O–H groups in total. The standard InChI is InChI=1S/C11H20N2O2/c14-11-9-13(6-2-8-15-11)7-4-10-3-1-5-12-10/h10,12H,1-9H2. The van der Waals surface area contributed by atoms with Crippen molar-refractivity contribution in [3.63, 3.8) is 0 Å². The van der Waals surface area contributed by atoms with Crippen molar-refractivity contribution in [1.82, 2.24) is 10.2 Å². The highest BCUT2D eigenvalue weighted by molar-refractivity contribution is 5.71. The van der Waals surface area contributed by atoms with Gasteiger partial charge in [0.15, 0.2) is 0 Å². The molecule has 15 heavy (non-hydrogen) atoms. The highest BCUT2D eigenvalue weighted by Crippen LogP contribution is 2.10. The minimum atomic E-state index is -0.0631. The summed E-state index contributed by atoms with van der Waals surface area (Å²) in [4.78, 5) is 13.4. The van der Waals surface area contributed by atoms with Crippen molar-refractivity contribution in [1.29, 1.82) is 0 Å². The number of ether oxygens (including phenoxy) is 1. The first-order valence-corrected chi connectivity index (χ1v) is 5.96. The molecule has 0 bridgehead atoms. The topological polar surface area (TPSA) is 41.6 Å². The van der Waals surface area contributed by atoms with Crippen LogP contribution in [0.15, 0.2) is 0 Å². The van der Waals surface area contributed by atoms with Crippen LogP contribution in [0.2, 0.25) is 0 Å². The highest BCUT2D eigenvalue weighted by Gasteiger charge is 2.19. The summed E-state index contributed by atoms with van der Waals surface area (Å²) in [5, 5.41) is 3.48. The molecule has 0 radical (unpaired) electrons. The van der Waals surface area contributed by atoms with Crippen LogP contribution in [-0.2, 0) is 9.53 Å². The van der Waals surface area contributed by atoms with Crippen molar-refractivity contribution >= 4 is 5.97 Å². The van der Waals surface area contributed by atoms with Crippen LogP contribution >= 0.6 is 0 Å². The van der Waals surface area contributed by atoms with E-state index in [0.29, 0.717) is 19.2 Å². The van der Waals surface area contributed by atoms with Gasteiger partial charge in [0, 0.05) is 19.1 Å². The van der Waals surface area contributed by atoms with Crippen LogP contribution in [0.1, 0.15) is 25.7 Å². The third-order valence-electron chi connectivity index (χ3n) is 3.19. The molecule has 2 aliphatic rings. The quantitative estimate of drug-likeness (QED) is 0.687. The zero-order chi connectivity index (χ0) is 10.5. The molecule has 0 aromatic carbocycles. The molecule has 1 atom stereocenters. The van der Waals surface area contributed by atoms with Crippen molar-refractivity contribution in [2.45, 2.75) is 31.7 Å². The van der Waals surface area contributed by atoms with Crippen LogP contribution in [0, 0.1) is 0 Å². The largest absolute Gasteiger partial charge is 0.465 e. The maximum absolute atomic E-state index is 11.2. The van der Waals surface area contributed by atoms with Crippen molar-refractivity contribution in [2.24, 2.45) is 0 Å². The third-order valence-corrected chi connectivity index (χ3v) is 3.19. The number of nitrogens with zero attached hydrogens (tertiary/aromatic N) is 1. The summed E-state index contributed by atoms with van der Waals surface area (Å²) in [6.07, 6.45) is 4.72. The molecular weight excluding hydrogens is 192 g/mol. The van der Waals surface area contributed by atoms with E-state index >= 15 is 0 Å². The van der Waals surface area contributed by atoms with E-state index in [1.165, 1.54) is 12.8 Å². The number of carbonyl (C=O) groups excluding carboxylic acids is 1. The van der Waals surface area contributed by atoms with Gasteiger partial charge in [-0.1, -0.05) is 0 Å². The molecule has 0 aromatic rings. The van der Waals surface area contributed by atoms with Crippen LogP contribution in [0.3, 0.4) is 0 Å². The monoisotopic (exact) mass is 212 g/mol. The normalized spacial score (nSPS) is 28.8. The fourth-order valence-corrected chi connectivity index (χ4v) is 2.31. The Balaban J connectivity index is 1.70. The van der Waals surface area contributed by atoms with Crippen LogP contribution in [0.5, 0.6) is 0 Å². The van der Waals surface area contributed by atoms with E-state index in [-0.39, 0.29) is 5.97 Å². The summed E-state index contributed by atoms with van der Waals surface area (Å²) in [6, 6.07) is 0.671. The number of esters is 1. The second-order valence-corrected chi connectivity index (χ2v) is 4.43. The zero-order valence-corrected chi connectivity index (χ0v) is 9.21. The Bertz CT molecular complexity index is 215. The maximum Gasteiger partial charge on any atom is 0.320 e. The molecule has 0 spiro atoms. The van der Waals surface area contributed by atoms with Gasteiger partial charge < -0.3 is 10.1 Å². The zero-order valence-electron chi connectivity index (χ0n) is 9.21. The Hall–Kier alpha value is -0.610. The molecule has 4 heteroatoms. The molecule has 0 aliphatic carbocycles. The molecule has 0 saturated carbocycles. The maximum atomic E-state index is 11.2. The predicted molar refractivity (Wildman–Crippen MR) is 57.7 cm³/mol. The van der Waals surface area contributed by atoms with Gasteiger partial charge in [-0.2, -0.15) is 0 Å². The van der Waals surface area contributed by atoms with E-state index in [4.69, 9.17) is 4.74 Å². The van der Waals surface area contributed by atoms with Gasteiger partial charge in [-0.15, -0.1) is 0 Å².